The Morgan fingerprint density at radius 1 is 0.606 bits per heavy atom. The van der Waals surface area contributed by atoms with Gasteiger partial charge in [0, 0.05) is 19.5 Å². The Kier molecular flexibility index (Phi) is 28.6. The molecule has 398 valence electrons. The zero-order chi connectivity index (χ0) is 53.8. The molecule has 71 heavy (non-hydrogen) atoms. The predicted molar refractivity (Wildman–Crippen MR) is 261 cm³/mol. The molecule has 0 aliphatic rings. The van der Waals surface area contributed by atoms with Gasteiger partial charge in [-0.1, -0.05) is 26.0 Å². The SMILES string of the molecule is CSCC[C@H](NC(=O)[C@H](Cc1ccc(O)cc1)NC(=O)CNC(=O)[C@@H](NC(=O)[C@H](CO)NC(=O)[C@H](CO)NC(=O)[C@H](CCCN=C(N)N)NC(=O)[C@H](C)NC(=O)[C@@H](N)CCCN=C(N)N)C(C)C)C(=O)O. The number of guanidine groups is 2. The van der Waals surface area contributed by atoms with Crippen molar-refractivity contribution in [3.05, 3.63) is 29.8 Å². The number of carbonyl (C=O) groups is 9. The van der Waals surface area contributed by atoms with Crippen molar-refractivity contribution in [3.63, 3.8) is 0 Å². The Morgan fingerprint density at radius 3 is 1.61 bits per heavy atom. The summed E-state index contributed by atoms with van der Waals surface area (Å²) in [6, 6.07) is -5.40. The summed E-state index contributed by atoms with van der Waals surface area (Å²) in [6.07, 6.45) is 2.30. The molecule has 0 fully saturated rings. The summed E-state index contributed by atoms with van der Waals surface area (Å²) in [6.45, 7) is 1.87. The minimum absolute atomic E-state index is 0.0271. The number of hydrogen-bond donors (Lipinski definition) is 17. The van der Waals surface area contributed by atoms with Crippen molar-refractivity contribution in [2.75, 3.05) is 44.9 Å². The normalized spacial score (nSPS) is 14.3. The number of nitrogens with zero attached hydrogens (tertiary/aromatic N) is 2. The molecule has 0 aliphatic carbocycles. The summed E-state index contributed by atoms with van der Waals surface area (Å²) >= 11 is 1.37. The van der Waals surface area contributed by atoms with E-state index in [0.29, 0.717) is 17.7 Å². The Labute approximate surface area is 414 Å². The van der Waals surface area contributed by atoms with Gasteiger partial charge in [-0.25, -0.2) is 4.79 Å². The van der Waals surface area contributed by atoms with E-state index >= 15 is 0 Å². The topological polar surface area (TPSA) is 486 Å². The summed E-state index contributed by atoms with van der Waals surface area (Å²) in [7, 11) is 0. The third kappa shape index (κ3) is 24.4. The largest absolute Gasteiger partial charge is 0.508 e. The number of aromatic hydroxyl groups is 1. The molecular weight excluding hydrogens is 955 g/mol. The van der Waals surface area contributed by atoms with Gasteiger partial charge >= 0.3 is 5.97 Å². The van der Waals surface area contributed by atoms with Crippen molar-refractivity contribution in [2.24, 2.45) is 44.6 Å². The number of hydrogen-bond acceptors (Lipinski definition) is 16. The Balaban J connectivity index is 3.06. The van der Waals surface area contributed by atoms with Gasteiger partial charge in [0.15, 0.2) is 11.9 Å². The number of nitrogens with one attached hydrogen (secondary N) is 8. The van der Waals surface area contributed by atoms with Crippen molar-refractivity contribution in [1.82, 2.24) is 42.5 Å². The fourth-order valence-electron chi connectivity index (χ4n) is 6.19. The van der Waals surface area contributed by atoms with Gasteiger partial charge in [0.25, 0.3) is 0 Å². The third-order valence-corrected chi connectivity index (χ3v) is 10.8. The summed E-state index contributed by atoms with van der Waals surface area (Å²) in [5, 5.41) is 58.5. The molecule has 0 spiro atoms. The number of rotatable bonds is 33. The molecule has 1 aromatic rings. The van der Waals surface area contributed by atoms with E-state index in [2.05, 4.69) is 52.5 Å². The minimum atomic E-state index is -1.76. The van der Waals surface area contributed by atoms with Crippen LogP contribution in [0.4, 0.5) is 0 Å². The van der Waals surface area contributed by atoms with Crippen molar-refractivity contribution in [3.8, 4) is 5.75 Å². The molecule has 8 atom stereocenters. The fraction of sp³-hybridized carbons (Fsp3) is 0.595. The molecule has 0 bridgehead atoms. The van der Waals surface area contributed by atoms with Gasteiger partial charge in [-0.3, -0.25) is 48.3 Å². The van der Waals surface area contributed by atoms with E-state index in [-0.39, 0.29) is 62.9 Å². The van der Waals surface area contributed by atoms with Crippen molar-refractivity contribution in [2.45, 2.75) is 108 Å². The standard InChI is InChI=1S/C42H71N15O13S/c1-21(2)32(39(68)50-18-31(61)52-28(17-23-9-11-24(60)12-10-23)36(65)54-27(40(69)70)13-16-71-4)57-38(67)30(20-59)56-37(66)29(19-58)55-35(64)26(8-6-15-49-42(46)47)53-33(62)22(3)51-34(63)25(43)7-5-14-48-41(44)45/h9-12,21-22,25-30,32,58-60H,5-8,13-20,43H2,1-4H3,(H,50,68)(H,51,63)(H,52,61)(H,53,62)(H,54,65)(H,55,64)(H,56,66)(H,57,67)(H,69,70)(H4,44,45,48)(H4,46,47,49)/t22-,25-,26-,27-,28-,29-,30-,32-/m0/s1. The summed E-state index contributed by atoms with van der Waals surface area (Å²) in [4.78, 5) is 125. The van der Waals surface area contributed by atoms with Crippen molar-refractivity contribution >= 4 is 76.9 Å². The molecule has 1 rings (SSSR count). The second-order valence-electron chi connectivity index (χ2n) is 16.4. The number of aliphatic imine (C=N–C) groups is 2. The minimum Gasteiger partial charge on any atom is -0.508 e. The number of amides is 8. The number of aliphatic hydroxyl groups excluding tert-OH is 2. The van der Waals surface area contributed by atoms with Gasteiger partial charge in [-0.05, 0) is 74.7 Å². The summed E-state index contributed by atoms with van der Waals surface area (Å²) in [5.74, 6) is -9.28. The molecule has 0 aliphatic heterocycles. The lowest BCUT2D eigenvalue weighted by molar-refractivity contribution is -0.142. The molecule has 0 saturated heterocycles. The molecule has 0 saturated carbocycles. The quantitative estimate of drug-likeness (QED) is 0.0177. The van der Waals surface area contributed by atoms with E-state index in [9.17, 15) is 63.6 Å². The van der Waals surface area contributed by atoms with Crippen LogP contribution in [0.25, 0.3) is 0 Å². The summed E-state index contributed by atoms with van der Waals surface area (Å²) < 4.78 is 0. The Hall–Kier alpha value is -6.98. The van der Waals surface area contributed by atoms with Crippen LogP contribution in [0.1, 0.15) is 58.4 Å². The monoisotopic (exact) mass is 1030 g/mol. The lowest BCUT2D eigenvalue weighted by atomic mass is 10.0. The molecule has 0 unspecified atom stereocenters. The number of aliphatic hydroxyl groups is 2. The first kappa shape index (κ1) is 62.0. The first-order valence-corrected chi connectivity index (χ1v) is 23.8. The van der Waals surface area contributed by atoms with Crippen LogP contribution in [-0.4, -0.2) is 179 Å². The third-order valence-electron chi connectivity index (χ3n) is 10.2. The van der Waals surface area contributed by atoms with Crippen LogP contribution < -0.4 is 71.2 Å². The van der Waals surface area contributed by atoms with Gasteiger partial charge in [0.2, 0.25) is 47.3 Å². The average molecular weight is 1030 g/mol. The second kappa shape index (κ2) is 32.8. The number of carbonyl (C=O) groups excluding carboxylic acids is 8. The Bertz CT molecular complexity index is 2000. The van der Waals surface area contributed by atoms with Crippen LogP contribution >= 0.6 is 11.8 Å². The highest BCUT2D eigenvalue weighted by atomic mass is 32.2. The van der Waals surface area contributed by atoms with Gasteiger partial charge in [0.05, 0.1) is 25.8 Å². The average Bonchev–Trinajstić information content (AvgIpc) is 3.31. The van der Waals surface area contributed by atoms with Crippen LogP contribution in [0.3, 0.4) is 0 Å². The molecule has 22 N–H and O–H groups in total. The van der Waals surface area contributed by atoms with E-state index in [1.807, 2.05) is 0 Å². The maximum atomic E-state index is 13.5. The highest BCUT2D eigenvalue weighted by Gasteiger charge is 2.33. The zero-order valence-corrected chi connectivity index (χ0v) is 41.0. The van der Waals surface area contributed by atoms with Crippen molar-refractivity contribution in [1.29, 1.82) is 0 Å². The first-order chi connectivity index (χ1) is 33.4. The number of benzene rings is 1. The zero-order valence-electron chi connectivity index (χ0n) is 40.1. The van der Waals surface area contributed by atoms with Crippen molar-refractivity contribution < 1.29 is 63.6 Å². The highest BCUT2D eigenvalue weighted by Crippen LogP contribution is 2.12. The number of carboxylic acids is 1. The van der Waals surface area contributed by atoms with E-state index in [1.54, 1.807) is 6.26 Å². The summed E-state index contributed by atoms with van der Waals surface area (Å²) in [5.41, 5.74) is 27.8. The van der Waals surface area contributed by atoms with E-state index in [1.165, 1.54) is 56.8 Å². The molecule has 8 amide bonds. The van der Waals surface area contributed by atoms with Gasteiger partial charge in [0.1, 0.15) is 48.0 Å². The maximum absolute atomic E-state index is 13.5. The molecule has 0 aromatic heterocycles. The van der Waals surface area contributed by atoms with E-state index in [0.717, 1.165) is 0 Å². The molecule has 28 nitrogen and oxygen atoms in total. The van der Waals surface area contributed by atoms with E-state index < -0.39 is 127 Å². The molecule has 1 aromatic carbocycles. The smallest absolute Gasteiger partial charge is 0.326 e. The van der Waals surface area contributed by atoms with Crippen LogP contribution in [0, 0.1) is 5.92 Å². The highest BCUT2D eigenvalue weighted by molar-refractivity contribution is 7.98. The second-order valence-corrected chi connectivity index (χ2v) is 17.4. The molecule has 29 heteroatoms. The lowest BCUT2D eigenvalue weighted by Crippen LogP contribution is -2.61. The van der Waals surface area contributed by atoms with Crippen LogP contribution in [0.5, 0.6) is 5.75 Å². The molecule has 0 radical (unpaired) electrons. The first-order valence-electron chi connectivity index (χ1n) is 22.4. The maximum Gasteiger partial charge on any atom is 0.326 e. The van der Waals surface area contributed by atoms with Gasteiger partial charge in [-0.2, -0.15) is 11.8 Å². The van der Waals surface area contributed by atoms with Crippen LogP contribution in [0.2, 0.25) is 0 Å². The lowest BCUT2D eigenvalue weighted by Gasteiger charge is -2.26. The van der Waals surface area contributed by atoms with Crippen LogP contribution in [0.15, 0.2) is 34.3 Å². The number of carboxylic acid groups (broad SMARTS) is 1. The van der Waals surface area contributed by atoms with Crippen LogP contribution in [-0.2, 0) is 49.6 Å². The molecular formula is C42H71N15O13S. The predicted octanol–water partition coefficient (Wildman–Crippen LogP) is -6.62. The number of phenols is 1. The number of nitrogens with two attached hydrogens (primary N) is 5. The van der Waals surface area contributed by atoms with Gasteiger partial charge < -0.3 is 91.6 Å². The fourth-order valence-corrected chi connectivity index (χ4v) is 6.66. The van der Waals surface area contributed by atoms with Gasteiger partial charge in [-0.15, -0.1) is 0 Å². The number of aliphatic carboxylic acids is 1. The molecule has 0 heterocycles. The van der Waals surface area contributed by atoms with E-state index in [4.69, 9.17) is 28.7 Å². The number of thioether (sulfide) groups is 1. The Morgan fingerprint density at radius 2 is 1.10 bits per heavy atom. The number of phenolic OH excluding ortho intramolecular Hbond substituents is 1.